The van der Waals surface area contributed by atoms with Crippen LogP contribution in [0.25, 0.3) is 33.4 Å². The number of ether oxygens (including phenoxy) is 1. The Bertz CT molecular complexity index is 3140. The molecular formula is C56H37N7OS. The zero-order valence-corrected chi connectivity index (χ0v) is 35.6. The molecule has 0 fully saturated rings. The lowest BCUT2D eigenvalue weighted by atomic mass is 10.0. The van der Waals surface area contributed by atoms with Crippen LogP contribution in [0.5, 0.6) is 11.5 Å². The fourth-order valence-corrected chi connectivity index (χ4v) is 9.69. The highest BCUT2D eigenvalue weighted by Crippen LogP contribution is 2.54. The second-order valence-corrected chi connectivity index (χ2v) is 16.7. The van der Waals surface area contributed by atoms with Crippen molar-refractivity contribution < 1.29 is 4.74 Å². The third-order valence-electron chi connectivity index (χ3n) is 11.7. The number of benzene rings is 6. The van der Waals surface area contributed by atoms with Gasteiger partial charge in [0.15, 0.2) is 11.5 Å². The van der Waals surface area contributed by atoms with Crippen LogP contribution in [0.2, 0.25) is 0 Å². The maximum atomic E-state index is 6.51. The van der Waals surface area contributed by atoms with Gasteiger partial charge in [-0.2, -0.15) is 0 Å². The summed E-state index contributed by atoms with van der Waals surface area (Å²) >= 11 is 1.78. The Hall–Kier alpha value is -8.53. The molecule has 0 atom stereocenters. The molecule has 0 N–H and O–H groups in total. The van der Waals surface area contributed by atoms with Crippen molar-refractivity contribution in [2.45, 2.75) is 9.79 Å². The lowest BCUT2D eigenvalue weighted by molar-refractivity contribution is 0.476. The van der Waals surface area contributed by atoms with E-state index in [1.807, 2.05) is 85.6 Å². The van der Waals surface area contributed by atoms with Crippen LogP contribution in [0.3, 0.4) is 0 Å². The van der Waals surface area contributed by atoms with Gasteiger partial charge in [0.25, 0.3) is 0 Å². The van der Waals surface area contributed by atoms with Gasteiger partial charge in [-0.3, -0.25) is 24.8 Å². The standard InChI is InChI=1S/C56H37N7OS/c1-5-15-51-47(11-1)62(48-12-2-6-16-52(48)64-51)55-33-46(34-56(60-55)63-49-13-3-7-17-53(49)65-54-18-8-4-14-50(54)63)61(44-23-19-38(20-24-44)40-27-30-57-31-28-40)45-25-21-39(22-26-45)42-32-43(37-59-36-42)41-10-9-29-58-35-41/h1-37H. The van der Waals surface area contributed by atoms with Gasteiger partial charge in [-0.1, -0.05) is 90.6 Å². The molecule has 12 rings (SSSR count). The molecule has 65 heavy (non-hydrogen) atoms. The molecule has 6 heterocycles. The van der Waals surface area contributed by atoms with Gasteiger partial charge in [0, 0.05) is 87.2 Å². The number of rotatable bonds is 8. The second-order valence-electron chi connectivity index (χ2n) is 15.7. The van der Waals surface area contributed by atoms with Crippen molar-refractivity contribution in [2.75, 3.05) is 14.7 Å². The quantitative estimate of drug-likeness (QED) is 0.149. The summed E-state index contributed by atoms with van der Waals surface area (Å²) in [7, 11) is 0. The summed E-state index contributed by atoms with van der Waals surface area (Å²) in [4.78, 5) is 28.0. The zero-order valence-electron chi connectivity index (χ0n) is 34.8. The van der Waals surface area contributed by atoms with E-state index in [-0.39, 0.29) is 0 Å². The molecular weight excluding hydrogens is 819 g/mol. The van der Waals surface area contributed by atoms with E-state index in [1.54, 1.807) is 18.0 Å². The van der Waals surface area contributed by atoms with E-state index >= 15 is 0 Å². The monoisotopic (exact) mass is 855 g/mol. The third-order valence-corrected chi connectivity index (χ3v) is 12.8. The fourth-order valence-electron chi connectivity index (χ4n) is 8.64. The highest BCUT2D eigenvalue weighted by molar-refractivity contribution is 7.99. The Morgan fingerprint density at radius 1 is 0.369 bits per heavy atom. The maximum Gasteiger partial charge on any atom is 0.151 e. The van der Waals surface area contributed by atoms with Gasteiger partial charge < -0.3 is 9.64 Å². The summed E-state index contributed by atoms with van der Waals surface area (Å²) in [5, 5.41) is 0. The van der Waals surface area contributed by atoms with Crippen LogP contribution >= 0.6 is 11.8 Å². The zero-order chi connectivity index (χ0) is 43.1. The molecule has 2 aliphatic heterocycles. The topological polar surface area (TPSA) is 70.5 Å². The van der Waals surface area contributed by atoms with E-state index in [1.165, 1.54) is 0 Å². The molecule has 0 aliphatic carbocycles. The van der Waals surface area contributed by atoms with Crippen molar-refractivity contribution in [2.24, 2.45) is 0 Å². The summed E-state index contributed by atoms with van der Waals surface area (Å²) in [5.41, 5.74) is 13.1. The predicted octanol–water partition coefficient (Wildman–Crippen LogP) is 15.2. The minimum absolute atomic E-state index is 0.738. The van der Waals surface area contributed by atoms with Gasteiger partial charge in [-0.25, -0.2) is 4.98 Å². The van der Waals surface area contributed by atoms with Gasteiger partial charge in [-0.15, -0.1) is 0 Å². The Morgan fingerprint density at radius 2 is 0.862 bits per heavy atom. The number of para-hydroxylation sites is 6. The molecule has 4 aromatic heterocycles. The van der Waals surface area contributed by atoms with Crippen molar-refractivity contribution >= 4 is 63.2 Å². The van der Waals surface area contributed by atoms with Crippen LogP contribution in [0.4, 0.5) is 51.4 Å². The van der Waals surface area contributed by atoms with Crippen molar-refractivity contribution in [3.8, 4) is 44.9 Å². The van der Waals surface area contributed by atoms with Gasteiger partial charge in [0.1, 0.15) is 11.6 Å². The van der Waals surface area contributed by atoms with Gasteiger partial charge in [0.2, 0.25) is 0 Å². The van der Waals surface area contributed by atoms with Crippen molar-refractivity contribution in [1.82, 2.24) is 19.9 Å². The molecule has 0 unspecified atom stereocenters. The summed E-state index contributed by atoms with van der Waals surface area (Å²) in [6, 6.07) is 65.5. The van der Waals surface area contributed by atoms with Gasteiger partial charge >= 0.3 is 0 Å². The summed E-state index contributed by atoms with van der Waals surface area (Å²) in [6.45, 7) is 0. The van der Waals surface area contributed by atoms with E-state index in [0.29, 0.717) is 0 Å². The maximum absolute atomic E-state index is 6.51. The Morgan fingerprint density at radius 3 is 1.45 bits per heavy atom. The lowest BCUT2D eigenvalue weighted by Crippen LogP contribution is -2.21. The third kappa shape index (κ3) is 7.10. The second kappa shape index (κ2) is 16.3. The highest BCUT2D eigenvalue weighted by Gasteiger charge is 2.31. The van der Waals surface area contributed by atoms with Gasteiger partial charge in [0.05, 0.1) is 28.4 Å². The Balaban J connectivity index is 1.07. The van der Waals surface area contributed by atoms with E-state index < -0.39 is 0 Å². The predicted molar refractivity (Wildman–Crippen MR) is 262 cm³/mol. The molecule has 0 spiro atoms. The molecule has 9 heteroatoms. The number of fused-ring (bicyclic) bond motifs is 4. The van der Waals surface area contributed by atoms with Crippen molar-refractivity contribution in [3.63, 3.8) is 0 Å². The van der Waals surface area contributed by atoms with E-state index in [4.69, 9.17) is 9.72 Å². The number of hydrogen-bond donors (Lipinski definition) is 0. The largest absolute Gasteiger partial charge is 0.453 e. The number of aromatic nitrogens is 4. The highest BCUT2D eigenvalue weighted by atomic mass is 32.2. The molecule has 6 aromatic carbocycles. The first-order valence-corrected chi connectivity index (χ1v) is 22.1. The van der Waals surface area contributed by atoms with Crippen LogP contribution in [-0.4, -0.2) is 19.9 Å². The molecule has 8 nitrogen and oxygen atoms in total. The first-order valence-electron chi connectivity index (χ1n) is 21.3. The number of pyridine rings is 4. The summed E-state index contributed by atoms with van der Waals surface area (Å²) < 4.78 is 6.51. The average Bonchev–Trinajstić information content (AvgIpc) is 3.38. The van der Waals surface area contributed by atoms with Gasteiger partial charge in [-0.05, 0) is 114 Å². The Labute approximate surface area is 380 Å². The Kier molecular flexibility index (Phi) is 9.57. The molecule has 10 aromatic rings. The summed E-state index contributed by atoms with van der Waals surface area (Å²) in [5.74, 6) is 3.02. The normalized spacial score (nSPS) is 12.3. The van der Waals surface area contributed by atoms with E-state index in [9.17, 15) is 0 Å². The van der Waals surface area contributed by atoms with Crippen LogP contribution in [-0.2, 0) is 0 Å². The first-order chi connectivity index (χ1) is 32.2. The SMILES string of the molecule is c1cncc(-c2cncc(-c3ccc(N(c4ccc(-c5ccncc5)cc4)c4cc(N5c6ccccc6Oc6ccccc65)nc(N5c6ccccc6Sc6ccccc65)c4)cc3)c2)c1. The molecule has 0 radical (unpaired) electrons. The van der Waals surface area contributed by atoms with E-state index in [2.05, 4.69) is 163 Å². The molecule has 0 saturated carbocycles. The lowest BCUT2D eigenvalue weighted by Gasteiger charge is -2.36. The van der Waals surface area contributed by atoms with E-state index in [0.717, 1.165) is 106 Å². The minimum atomic E-state index is 0.738. The van der Waals surface area contributed by atoms with Crippen LogP contribution in [0, 0.1) is 0 Å². The van der Waals surface area contributed by atoms with Crippen LogP contribution in [0.1, 0.15) is 0 Å². The van der Waals surface area contributed by atoms with Crippen molar-refractivity contribution in [3.05, 3.63) is 225 Å². The smallest absolute Gasteiger partial charge is 0.151 e. The number of nitrogens with zero attached hydrogens (tertiary/aromatic N) is 7. The van der Waals surface area contributed by atoms with Crippen LogP contribution < -0.4 is 19.4 Å². The fraction of sp³-hybridized carbons (Fsp3) is 0. The molecule has 0 bridgehead atoms. The average molecular weight is 856 g/mol. The minimum Gasteiger partial charge on any atom is -0.453 e. The number of anilines is 9. The van der Waals surface area contributed by atoms with Crippen LogP contribution in [0.15, 0.2) is 235 Å². The molecule has 308 valence electrons. The molecule has 2 aliphatic rings. The molecule has 0 saturated heterocycles. The molecule has 0 amide bonds. The summed E-state index contributed by atoms with van der Waals surface area (Å²) in [6.07, 6.45) is 11.1. The van der Waals surface area contributed by atoms with Crippen molar-refractivity contribution in [1.29, 1.82) is 0 Å². The number of hydrogen-bond acceptors (Lipinski definition) is 9. The first kappa shape index (κ1) is 38.2.